The fraction of sp³-hybridized carbons (Fsp3) is 0.300. The van der Waals surface area contributed by atoms with Gasteiger partial charge >= 0.3 is 22.4 Å². The van der Waals surface area contributed by atoms with Crippen molar-refractivity contribution >= 4 is 5.97 Å². The zero-order valence-electron chi connectivity index (χ0n) is 7.13. The minimum atomic E-state index is -0.967. The number of carbonyl (C=O) groups excluding carboxylic acids is 1. The van der Waals surface area contributed by atoms with Crippen LogP contribution in [0.15, 0.2) is 30.3 Å². The molecule has 1 aromatic rings. The van der Waals surface area contributed by atoms with Crippen LogP contribution in [0.4, 0.5) is 0 Å². The van der Waals surface area contributed by atoms with E-state index in [0.29, 0.717) is 6.42 Å². The molecule has 3 heteroatoms. The number of carboxylic acid groups (broad SMARTS) is 1. The molecule has 0 spiro atoms. The maximum Gasteiger partial charge on any atom is 1.00 e. The molecule has 0 amide bonds. The number of benzene rings is 1. The van der Waals surface area contributed by atoms with Crippen LogP contribution in [0.5, 0.6) is 0 Å². The van der Waals surface area contributed by atoms with Crippen LogP contribution in [0.25, 0.3) is 0 Å². The van der Waals surface area contributed by atoms with Gasteiger partial charge in [0.1, 0.15) is 0 Å². The van der Waals surface area contributed by atoms with Gasteiger partial charge in [-0.1, -0.05) is 30.3 Å². The second-order valence-electron chi connectivity index (χ2n) is 2.71. The van der Waals surface area contributed by atoms with Crippen LogP contribution in [0.2, 0.25) is 0 Å². The fourth-order valence-electron chi connectivity index (χ4n) is 1.08. The van der Waals surface area contributed by atoms with Gasteiger partial charge in [-0.3, -0.25) is 0 Å². The molecule has 1 aromatic carbocycles. The van der Waals surface area contributed by atoms with Crippen LogP contribution in [0, 0.1) is 0 Å². The summed E-state index contributed by atoms with van der Waals surface area (Å²) in [5.74, 6) is -0.967. The van der Waals surface area contributed by atoms with Crippen molar-refractivity contribution in [3.63, 3.8) is 0 Å². The summed E-state index contributed by atoms with van der Waals surface area (Å²) in [6.07, 6.45) is 1.62. The van der Waals surface area contributed by atoms with Crippen molar-refractivity contribution in [2.45, 2.75) is 19.3 Å². The van der Waals surface area contributed by atoms with Crippen LogP contribution < -0.4 is 5.11 Å². The van der Waals surface area contributed by atoms with E-state index in [1.165, 1.54) is 5.56 Å². The minimum Gasteiger partial charge on any atom is -0.550 e. The number of carboxylic acids is 1. The van der Waals surface area contributed by atoms with E-state index in [2.05, 4.69) is 0 Å². The van der Waals surface area contributed by atoms with Gasteiger partial charge in [-0.15, -0.1) is 0 Å². The molecule has 0 aromatic heterocycles. The average molecular weight is 271 g/mol. The Labute approximate surface area is 93.5 Å². The standard InChI is InChI=1S/C10H12O2.Ag/c11-10(12)8-4-7-9-5-2-1-3-6-9;/h1-3,5-6H,4,7-8H2,(H,11,12);/q;+1/p-1. The van der Waals surface area contributed by atoms with Gasteiger partial charge in [0.25, 0.3) is 0 Å². The first-order valence-electron chi connectivity index (χ1n) is 4.03. The maximum absolute atomic E-state index is 10.1. The smallest absolute Gasteiger partial charge is 0.550 e. The van der Waals surface area contributed by atoms with E-state index in [1.807, 2.05) is 30.3 Å². The molecule has 0 fully saturated rings. The molecule has 0 saturated heterocycles. The number of carbonyl (C=O) groups is 1. The molecule has 0 unspecified atom stereocenters. The third kappa shape index (κ3) is 5.64. The number of aliphatic carboxylic acids is 1. The number of hydrogen-bond donors (Lipinski definition) is 0. The van der Waals surface area contributed by atoms with Gasteiger partial charge < -0.3 is 9.90 Å². The summed E-state index contributed by atoms with van der Waals surface area (Å²) in [5, 5.41) is 10.1. The van der Waals surface area contributed by atoms with Crippen molar-refractivity contribution in [1.29, 1.82) is 0 Å². The zero-order chi connectivity index (χ0) is 8.81. The molecule has 2 nitrogen and oxygen atoms in total. The van der Waals surface area contributed by atoms with Crippen molar-refractivity contribution in [3.8, 4) is 0 Å². The summed E-state index contributed by atoms with van der Waals surface area (Å²) in [6, 6.07) is 9.84. The van der Waals surface area contributed by atoms with Crippen molar-refractivity contribution < 1.29 is 32.3 Å². The van der Waals surface area contributed by atoms with Crippen molar-refractivity contribution in [3.05, 3.63) is 35.9 Å². The molecule has 0 N–H and O–H groups in total. The number of rotatable bonds is 4. The topological polar surface area (TPSA) is 40.1 Å². The monoisotopic (exact) mass is 270 g/mol. The quantitative estimate of drug-likeness (QED) is 0.758. The van der Waals surface area contributed by atoms with E-state index < -0.39 is 5.97 Å². The predicted octanol–water partition coefficient (Wildman–Crippen LogP) is 0.757. The zero-order valence-corrected chi connectivity index (χ0v) is 8.61. The fourth-order valence-corrected chi connectivity index (χ4v) is 1.08. The van der Waals surface area contributed by atoms with Crippen LogP contribution in [0.3, 0.4) is 0 Å². The van der Waals surface area contributed by atoms with Gasteiger partial charge in [0.05, 0.1) is 0 Å². The second-order valence-corrected chi connectivity index (χ2v) is 2.71. The summed E-state index contributed by atoms with van der Waals surface area (Å²) in [6.45, 7) is 0. The van der Waals surface area contributed by atoms with E-state index in [-0.39, 0.29) is 28.8 Å². The van der Waals surface area contributed by atoms with E-state index in [4.69, 9.17) is 0 Å². The van der Waals surface area contributed by atoms with E-state index in [0.717, 1.165) is 6.42 Å². The molecule has 0 bridgehead atoms. The van der Waals surface area contributed by atoms with Crippen LogP contribution >= 0.6 is 0 Å². The Balaban J connectivity index is 0.00000144. The van der Waals surface area contributed by atoms with Gasteiger partial charge in [0.15, 0.2) is 0 Å². The van der Waals surface area contributed by atoms with Gasteiger partial charge in [-0.2, -0.15) is 0 Å². The molecule has 0 aliphatic carbocycles. The summed E-state index contributed by atoms with van der Waals surface area (Å²) < 4.78 is 0. The van der Waals surface area contributed by atoms with Gasteiger partial charge in [-0.05, 0) is 24.8 Å². The predicted molar refractivity (Wildman–Crippen MR) is 44.4 cm³/mol. The molecule has 74 valence electrons. The molecule has 0 radical (unpaired) electrons. The summed E-state index contributed by atoms with van der Waals surface area (Å²) in [7, 11) is 0. The molecule has 13 heavy (non-hydrogen) atoms. The molecular weight excluding hydrogens is 260 g/mol. The summed E-state index contributed by atoms with van der Waals surface area (Å²) >= 11 is 0. The van der Waals surface area contributed by atoms with E-state index in [9.17, 15) is 9.90 Å². The van der Waals surface area contributed by atoms with Gasteiger partial charge in [-0.25, -0.2) is 0 Å². The Morgan fingerprint density at radius 2 is 1.85 bits per heavy atom. The first-order valence-corrected chi connectivity index (χ1v) is 4.03. The third-order valence-corrected chi connectivity index (χ3v) is 1.69. The number of hydrogen-bond acceptors (Lipinski definition) is 2. The second kappa shape index (κ2) is 6.89. The van der Waals surface area contributed by atoms with Crippen LogP contribution in [-0.4, -0.2) is 5.97 Å². The molecular formula is C10H11AgO2. The Morgan fingerprint density at radius 3 is 2.38 bits per heavy atom. The molecule has 0 aliphatic rings. The van der Waals surface area contributed by atoms with E-state index in [1.54, 1.807) is 0 Å². The SMILES string of the molecule is O=C([O-])CCCc1ccccc1.[Ag+]. The van der Waals surface area contributed by atoms with Gasteiger partial charge in [0, 0.05) is 5.97 Å². The van der Waals surface area contributed by atoms with Crippen LogP contribution in [0.1, 0.15) is 18.4 Å². The maximum atomic E-state index is 10.1. The molecule has 0 heterocycles. The first kappa shape index (κ1) is 12.4. The van der Waals surface area contributed by atoms with Crippen molar-refractivity contribution in [2.75, 3.05) is 0 Å². The Hall–Kier alpha value is -0.570. The van der Waals surface area contributed by atoms with Gasteiger partial charge in [0.2, 0.25) is 0 Å². The molecule has 0 saturated carbocycles. The molecule has 0 aliphatic heterocycles. The van der Waals surface area contributed by atoms with Crippen molar-refractivity contribution in [1.82, 2.24) is 0 Å². The summed E-state index contributed by atoms with van der Waals surface area (Å²) in [5.41, 5.74) is 1.18. The first-order chi connectivity index (χ1) is 5.79. The summed E-state index contributed by atoms with van der Waals surface area (Å²) in [4.78, 5) is 10.1. The normalized spacial score (nSPS) is 8.92. The number of aryl methyl sites for hydroxylation is 1. The Morgan fingerprint density at radius 1 is 1.23 bits per heavy atom. The Kier molecular flexibility index (Phi) is 6.59. The largest absolute Gasteiger partial charge is 1.00 e. The van der Waals surface area contributed by atoms with Crippen molar-refractivity contribution in [2.24, 2.45) is 0 Å². The minimum absolute atomic E-state index is 0. The Bertz CT molecular complexity index is 246. The van der Waals surface area contributed by atoms with Crippen LogP contribution in [-0.2, 0) is 33.6 Å². The molecule has 1 rings (SSSR count). The van der Waals surface area contributed by atoms with E-state index >= 15 is 0 Å². The third-order valence-electron chi connectivity index (χ3n) is 1.69. The average Bonchev–Trinajstić information content (AvgIpc) is 2.05. The molecule has 0 atom stereocenters.